The van der Waals surface area contributed by atoms with Crippen molar-refractivity contribution >= 4 is 12.0 Å². The summed E-state index contributed by atoms with van der Waals surface area (Å²) in [5.41, 5.74) is 1.78. The van der Waals surface area contributed by atoms with Gasteiger partial charge < -0.3 is 9.88 Å². The Morgan fingerprint density at radius 2 is 1.66 bits per heavy atom. The van der Waals surface area contributed by atoms with Crippen molar-refractivity contribution in [1.29, 1.82) is 0 Å². The van der Waals surface area contributed by atoms with Crippen LogP contribution in [-0.2, 0) is 18.9 Å². The van der Waals surface area contributed by atoms with Crippen LogP contribution in [0, 0.1) is 5.92 Å². The second-order valence-electron chi connectivity index (χ2n) is 7.88. The number of amides is 1. The van der Waals surface area contributed by atoms with Crippen LogP contribution in [0.25, 0.3) is 6.08 Å². The first-order chi connectivity index (χ1) is 13.6. The molecule has 0 saturated heterocycles. The van der Waals surface area contributed by atoms with Crippen LogP contribution in [0.1, 0.15) is 62.8 Å². The van der Waals surface area contributed by atoms with Gasteiger partial charge in [0, 0.05) is 26.4 Å². The second-order valence-corrected chi connectivity index (χ2v) is 7.88. The van der Waals surface area contributed by atoms with Crippen molar-refractivity contribution in [3.8, 4) is 0 Å². The van der Waals surface area contributed by atoms with Crippen LogP contribution < -0.4 is 16.6 Å². The molecular weight excluding hydrogens is 366 g/mol. The third kappa shape index (κ3) is 5.34. The molecule has 0 fully saturated rings. The Bertz CT molecular complexity index is 998. The van der Waals surface area contributed by atoms with Crippen molar-refractivity contribution in [2.45, 2.75) is 46.1 Å². The molecule has 2 rings (SSSR count). The number of hydrogen-bond donors (Lipinski definition) is 1. The lowest BCUT2D eigenvalue weighted by Gasteiger charge is -2.23. The first-order valence-electron chi connectivity index (χ1n) is 10.0. The van der Waals surface area contributed by atoms with Gasteiger partial charge in [0.05, 0.1) is 11.6 Å². The fourth-order valence-corrected chi connectivity index (χ4v) is 3.22. The SMILES string of the molecule is CCC(C)c1ccc(C(NC(=O)/C=C/c2cn(C)c(=O)n(C)c2=O)C(C)C)cc1. The summed E-state index contributed by atoms with van der Waals surface area (Å²) in [5, 5.41) is 3.02. The maximum atomic E-state index is 12.5. The van der Waals surface area contributed by atoms with E-state index in [1.807, 2.05) is 0 Å². The van der Waals surface area contributed by atoms with E-state index in [4.69, 9.17) is 0 Å². The summed E-state index contributed by atoms with van der Waals surface area (Å²) in [7, 11) is 2.98. The zero-order chi connectivity index (χ0) is 21.7. The summed E-state index contributed by atoms with van der Waals surface area (Å²) in [5.74, 6) is 0.418. The van der Waals surface area contributed by atoms with Gasteiger partial charge in [-0.25, -0.2) is 4.79 Å². The van der Waals surface area contributed by atoms with E-state index in [0.717, 1.165) is 16.6 Å². The Kier molecular flexibility index (Phi) is 7.37. The van der Waals surface area contributed by atoms with E-state index in [1.165, 1.54) is 35.5 Å². The molecule has 1 N–H and O–H groups in total. The summed E-state index contributed by atoms with van der Waals surface area (Å²) in [6, 6.07) is 8.24. The molecule has 156 valence electrons. The Morgan fingerprint density at radius 1 is 1.07 bits per heavy atom. The van der Waals surface area contributed by atoms with Crippen LogP contribution in [0.15, 0.2) is 46.1 Å². The van der Waals surface area contributed by atoms with Crippen molar-refractivity contribution in [3.05, 3.63) is 74.1 Å². The lowest BCUT2D eigenvalue weighted by atomic mass is 9.92. The molecule has 1 heterocycles. The van der Waals surface area contributed by atoms with Gasteiger partial charge in [0.15, 0.2) is 0 Å². The van der Waals surface area contributed by atoms with Crippen molar-refractivity contribution < 1.29 is 4.79 Å². The van der Waals surface area contributed by atoms with Crippen LogP contribution in [0.5, 0.6) is 0 Å². The minimum atomic E-state index is -0.432. The number of aromatic nitrogens is 2. The summed E-state index contributed by atoms with van der Waals surface area (Å²) < 4.78 is 2.34. The topological polar surface area (TPSA) is 73.1 Å². The molecule has 0 aliphatic carbocycles. The van der Waals surface area contributed by atoms with E-state index in [0.29, 0.717) is 5.92 Å². The zero-order valence-corrected chi connectivity index (χ0v) is 18.1. The number of aryl methyl sites for hydroxylation is 1. The maximum absolute atomic E-state index is 12.5. The largest absolute Gasteiger partial charge is 0.345 e. The molecule has 6 nitrogen and oxygen atoms in total. The van der Waals surface area contributed by atoms with Crippen molar-refractivity contribution in [3.63, 3.8) is 0 Å². The monoisotopic (exact) mass is 397 g/mol. The molecular formula is C23H31N3O3. The highest BCUT2D eigenvalue weighted by Gasteiger charge is 2.18. The first-order valence-corrected chi connectivity index (χ1v) is 10.0. The van der Waals surface area contributed by atoms with Gasteiger partial charge in [-0.15, -0.1) is 0 Å². The van der Waals surface area contributed by atoms with Gasteiger partial charge in [-0.2, -0.15) is 0 Å². The van der Waals surface area contributed by atoms with E-state index in [2.05, 4.69) is 57.3 Å². The van der Waals surface area contributed by atoms with Crippen molar-refractivity contribution in [1.82, 2.24) is 14.5 Å². The van der Waals surface area contributed by atoms with Gasteiger partial charge in [0.1, 0.15) is 0 Å². The summed E-state index contributed by atoms with van der Waals surface area (Å²) in [4.78, 5) is 36.4. The third-order valence-corrected chi connectivity index (χ3v) is 5.33. The number of benzene rings is 1. The fraction of sp³-hybridized carbons (Fsp3) is 0.435. The van der Waals surface area contributed by atoms with Gasteiger partial charge in [-0.1, -0.05) is 52.0 Å². The zero-order valence-electron chi connectivity index (χ0n) is 18.1. The molecule has 2 atom stereocenters. The van der Waals surface area contributed by atoms with E-state index in [1.54, 1.807) is 7.05 Å². The van der Waals surface area contributed by atoms with Crippen LogP contribution in [-0.4, -0.2) is 15.0 Å². The number of carbonyl (C=O) groups excluding carboxylic acids is 1. The normalized spacial score (nSPS) is 13.6. The number of nitrogens with one attached hydrogen (secondary N) is 1. The molecule has 6 heteroatoms. The standard InChI is InChI=1S/C23H31N3O3/c1-7-16(4)17-8-10-18(11-9-17)21(15(2)3)24-20(27)13-12-19-14-25(5)23(29)26(6)22(19)28/h8-16,21H,7H2,1-6H3,(H,24,27)/b13-12+. The van der Waals surface area contributed by atoms with Crippen LogP contribution in [0.3, 0.4) is 0 Å². The van der Waals surface area contributed by atoms with Gasteiger partial charge in [-0.3, -0.25) is 14.2 Å². The van der Waals surface area contributed by atoms with Crippen molar-refractivity contribution in [2.75, 3.05) is 0 Å². The van der Waals surface area contributed by atoms with Crippen LogP contribution in [0.2, 0.25) is 0 Å². The highest BCUT2D eigenvalue weighted by molar-refractivity contribution is 5.91. The summed E-state index contributed by atoms with van der Waals surface area (Å²) in [6.45, 7) is 8.48. The number of rotatable bonds is 7. The molecule has 0 bridgehead atoms. The second kappa shape index (κ2) is 9.54. The minimum Gasteiger partial charge on any atom is -0.345 e. The molecule has 29 heavy (non-hydrogen) atoms. The van der Waals surface area contributed by atoms with E-state index in [9.17, 15) is 14.4 Å². The average Bonchev–Trinajstić information content (AvgIpc) is 2.71. The molecule has 0 radical (unpaired) electrons. The maximum Gasteiger partial charge on any atom is 0.330 e. The molecule has 0 aliphatic heterocycles. The summed E-state index contributed by atoms with van der Waals surface area (Å²) >= 11 is 0. The van der Waals surface area contributed by atoms with E-state index in [-0.39, 0.29) is 23.4 Å². The predicted molar refractivity (Wildman–Crippen MR) is 117 cm³/mol. The molecule has 1 aromatic carbocycles. The molecule has 0 spiro atoms. The quantitative estimate of drug-likeness (QED) is 0.730. The van der Waals surface area contributed by atoms with Gasteiger partial charge in [-0.05, 0) is 35.5 Å². The minimum absolute atomic E-state index is 0.138. The Morgan fingerprint density at radius 3 is 2.21 bits per heavy atom. The molecule has 0 aliphatic rings. The molecule has 0 saturated carbocycles. The predicted octanol–water partition coefficient (Wildman–Crippen LogP) is 3.12. The fourth-order valence-electron chi connectivity index (χ4n) is 3.22. The molecule has 1 amide bonds. The van der Waals surface area contributed by atoms with Gasteiger partial charge in [0.25, 0.3) is 5.56 Å². The van der Waals surface area contributed by atoms with Crippen LogP contribution in [0.4, 0.5) is 0 Å². The number of hydrogen-bond acceptors (Lipinski definition) is 3. The Balaban J connectivity index is 2.19. The van der Waals surface area contributed by atoms with Crippen molar-refractivity contribution in [2.24, 2.45) is 20.0 Å². The lowest BCUT2D eigenvalue weighted by Crippen LogP contribution is -2.37. The molecule has 2 aromatic rings. The smallest absolute Gasteiger partial charge is 0.330 e. The summed E-state index contributed by atoms with van der Waals surface area (Å²) in [6.07, 6.45) is 5.30. The lowest BCUT2D eigenvalue weighted by molar-refractivity contribution is -0.117. The third-order valence-electron chi connectivity index (χ3n) is 5.33. The van der Waals surface area contributed by atoms with Gasteiger partial charge in [0.2, 0.25) is 5.91 Å². The average molecular weight is 398 g/mol. The first kappa shape index (κ1) is 22.4. The number of carbonyl (C=O) groups is 1. The highest BCUT2D eigenvalue weighted by atomic mass is 16.2. The molecule has 1 aromatic heterocycles. The van der Waals surface area contributed by atoms with Crippen LogP contribution >= 0.6 is 0 Å². The Hall–Kier alpha value is -2.89. The van der Waals surface area contributed by atoms with Gasteiger partial charge >= 0.3 is 5.69 Å². The van der Waals surface area contributed by atoms with E-state index >= 15 is 0 Å². The molecule has 2 unspecified atom stereocenters. The highest BCUT2D eigenvalue weighted by Crippen LogP contribution is 2.25. The Labute approximate surface area is 171 Å². The van der Waals surface area contributed by atoms with E-state index < -0.39 is 11.2 Å². The number of nitrogens with zero attached hydrogens (tertiary/aromatic N) is 2.